The Morgan fingerprint density at radius 3 is 2.68 bits per heavy atom. The van der Waals surface area contributed by atoms with Crippen molar-refractivity contribution in [3.63, 3.8) is 0 Å². The van der Waals surface area contributed by atoms with Crippen LogP contribution in [0.4, 0.5) is 5.95 Å². The van der Waals surface area contributed by atoms with Crippen LogP contribution in [-0.4, -0.2) is 19.9 Å². The fourth-order valence-corrected chi connectivity index (χ4v) is 1.75. The first-order valence-corrected chi connectivity index (χ1v) is 6.27. The summed E-state index contributed by atoms with van der Waals surface area (Å²) in [5.74, 6) is 0.506. The quantitative estimate of drug-likeness (QED) is 0.826. The summed E-state index contributed by atoms with van der Waals surface area (Å²) in [5, 5.41) is 3.12. The maximum absolute atomic E-state index is 5.58. The molecule has 0 saturated carbocycles. The molecular weight excluding hydrogens is 258 g/mol. The number of anilines is 1. The van der Waals surface area contributed by atoms with E-state index < -0.39 is 0 Å². The van der Waals surface area contributed by atoms with Crippen LogP contribution in [0, 0.1) is 13.8 Å². The minimum Gasteiger partial charge on any atom is -0.388 e. The third-order valence-electron chi connectivity index (χ3n) is 2.48. The van der Waals surface area contributed by atoms with E-state index in [0.717, 1.165) is 17.1 Å². The molecule has 0 atom stereocenters. The number of nitrogens with zero attached hydrogens (tertiary/aromatic N) is 3. The van der Waals surface area contributed by atoms with Crippen molar-refractivity contribution >= 4 is 23.2 Å². The highest BCUT2D eigenvalue weighted by Gasteiger charge is 2.04. The molecule has 5 nitrogen and oxygen atoms in total. The first-order chi connectivity index (χ1) is 9.04. The number of pyridine rings is 1. The molecule has 0 aliphatic heterocycles. The van der Waals surface area contributed by atoms with Crippen molar-refractivity contribution in [1.82, 2.24) is 15.0 Å². The maximum atomic E-state index is 5.58. The molecule has 3 N–H and O–H groups in total. The van der Waals surface area contributed by atoms with Gasteiger partial charge in [0.1, 0.15) is 10.7 Å². The zero-order valence-electron chi connectivity index (χ0n) is 10.8. The number of thiocarbonyl (C=S) groups is 1. The van der Waals surface area contributed by atoms with Crippen molar-refractivity contribution in [3.8, 4) is 0 Å². The van der Waals surface area contributed by atoms with Crippen LogP contribution in [0.5, 0.6) is 0 Å². The number of nitrogens with one attached hydrogen (secondary N) is 1. The van der Waals surface area contributed by atoms with Gasteiger partial charge in [-0.2, -0.15) is 0 Å². The fourth-order valence-electron chi connectivity index (χ4n) is 1.64. The van der Waals surface area contributed by atoms with E-state index in [1.54, 1.807) is 6.07 Å². The zero-order chi connectivity index (χ0) is 13.8. The minimum absolute atomic E-state index is 0.266. The molecule has 2 aromatic heterocycles. The van der Waals surface area contributed by atoms with E-state index >= 15 is 0 Å². The van der Waals surface area contributed by atoms with Gasteiger partial charge in [-0.1, -0.05) is 18.3 Å². The summed E-state index contributed by atoms with van der Waals surface area (Å²) in [6.07, 6.45) is 0. The van der Waals surface area contributed by atoms with Crippen molar-refractivity contribution in [3.05, 3.63) is 47.0 Å². The highest BCUT2D eigenvalue weighted by atomic mass is 32.1. The number of hydrogen-bond acceptors (Lipinski definition) is 5. The van der Waals surface area contributed by atoms with E-state index in [-0.39, 0.29) is 4.99 Å². The average molecular weight is 273 g/mol. The molecule has 2 heterocycles. The highest BCUT2D eigenvalue weighted by molar-refractivity contribution is 7.80. The second-order valence-corrected chi connectivity index (χ2v) is 4.65. The van der Waals surface area contributed by atoms with Crippen molar-refractivity contribution in [1.29, 1.82) is 0 Å². The Hall–Kier alpha value is -2.08. The molecule has 6 heteroatoms. The fraction of sp³-hybridized carbons (Fsp3) is 0.231. The van der Waals surface area contributed by atoms with Crippen LogP contribution in [0.2, 0.25) is 0 Å². The Bertz CT molecular complexity index is 612. The summed E-state index contributed by atoms with van der Waals surface area (Å²) in [6.45, 7) is 4.39. The Morgan fingerprint density at radius 1 is 1.21 bits per heavy atom. The molecule has 0 aliphatic carbocycles. The molecule has 19 heavy (non-hydrogen) atoms. The van der Waals surface area contributed by atoms with Gasteiger partial charge in [0, 0.05) is 11.4 Å². The van der Waals surface area contributed by atoms with Crippen LogP contribution >= 0.6 is 12.2 Å². The van der Waals surface area contributed by atoms with Gasteiger partial charge in [-0.15, -0.1) is 0 Å². The second kappa shape index (κ2) is 5.71. The van der Waals surface area contributed by atoms with E-state index in [1.807, 2.05) is 32.0 Å². The first kappa shape index (κ1) is 13.4. The summed E-state index contributed by atoms with van der Waals surface area (Å²) in [7, 11) is 0. The summed E-state index contributed by atoms with van der Waals surface area (Å²) < 4.78 is 0. The zero-order valence-corrected chi connectivity index (χ0v) is 11.7. The molecule has 2 rings (SSSR count). The van der Waals surface area contributed by atoms with Crippen LogP contribution in [0.15, 0.2) is 24.3 Å². The number of nitrogens with two attached hydrogens (primary N) is 1. The number of aromatic nitrogens is 3. The van der Waals surface area contributed by atoms with Gasteiger partial charge < -0.3 is 11.1 Å². The van der Waals surface area contributed by atoms with E-state index in [9.17, 15) is 0 Å². The molecule has 0 spiro atoms. The summed E-state index contributed by atoms with van der Waals surface area (Å²) in [4.78, 5) is 13.2. The lowest BCUT2D eigenvalue weighted by molar-refractivity contribution is 0.972. The molecule has 0 aliphatic rings. The van der Waals surface area contributed by atoms with Crippen LogP contribution in [0.25, 0.3) is 0 Å². The van der Waals surface area contributed by atoms with E-state index in [0.29, 0.717) is 18.2 Å². The Balaban J connectivity index is 2.13. The molecule has 0 bridgehead atoms. The lowest BCUT2D eigenvalue weighted by atomic mass is 10.3. The molecule has 0 aromatic carbocycles. The first-order valence-electron chi connectivity index (χ1n) is 5.86. The van der Waals surface area contributed by atoms with Gasteiger partial charge in [-0.05, 0) is 32.0 Å². The monoisotopic (exact) mass is 273 g/mol. The van der Waals surface area contributed by atoms with E-state index in [1.165, 1.54) is 0 Å². The molecule has 0 saturated heterocycles. The van der Waals surface area contributed by atoms with Crippen molar-refractivity contribution in [2.24, 2.45) is 5.73 Å². The maximum Gasteiger partial charge on any atom is 0.223 e. The number of hydrogen-bond donors (Lipinski definition) is 2. The minimum atomic E-state index is 0.266. The van der Waals surface area contributed by atoms with E-state index in [4.69, 9.17) is 18.0 Å². The van der Waals surface area contributed by atoms with Gasteiger partial charge in [0.25, 0.3) is 0 Å². The molecule has 0 unspecified atom stereocenters. The predicted octanol–water partition coefficient (Wildman–Crippen LogP) is 1.73. The summed E-state index contributed by atoms with van der Waals surface area (Å²) in [5.41, 5.74) is 8.88. The Kier molecular flexibility index (Phi) is 4.01. The van der Waals surface area contributed by atoms with Crippen LogP contribution in [-0.2, 0) is 6.54 Å². The SMILES string of the molecule is Cc1cccc(CNc2nc(C)cc(C(N)=S)n2)n1. The predicted molar refractivity (Wildman–Crippen MR) is 79.0 cm³/mol. The third kappa shape index (κ3) is 3.69. The molecule has 0 amide bonds. The summed E-state index contributed by atoms with van der Waals surface area (Å²) in [6, 6.07) is 7.64. The smallest absolute Gasteiger partial charge is 0.223 e. The normalized spacial score (nSPS) is 10.2. The third-order valence-corrected chi connectivity index (χ3v) is 2.69. The van der Waals surface area contributed by atoms with Gasteiger partial charge in [-0.25, -0.2) is 9.97 Å². The Labute approximate surface area is 117 Å². The van der Waals surface area contributed by atoms with Crippen molar-refractivity contribution < 1.29 is 0 Å². The number of rotatable bonds is 4. The van der Waals surface area contributed by atoms with Gasteiger partial charge in [0.2, 0.25) is 5.95 Å². The van der Waals surface area contributed by atoms with Gasteiger partial charge in [0.15, 0.2) is 0 Å². The molecular formula is C13H15N5S. The Morgan fingerprint density at radius 2 is 2.00 bits per heavy atom. The standard InChI is InChI=1S/C13H15N5S/c1-8-4-3-5-10(16-8)7-15-13-17-9(2)6-11(18-13)12(14)19/h3-6H,7H2,1-2H3,(H2,14,19)(H,15,17,18). The second-order valence-electron chi connectivity index (χ2n) is 4.21. The van der Waals surface area contributed by atoms with Crippen LogP contribution < -0.4 is 11.1 Å². The van der Waals surface area contributed by atoms with Crippen molar-refractivity contribution in [2.45, 2.75) is 20.4 Å². The van der Waals surface area contributed by atoms with Crippen LogP contribution in [0.3, 0.4) is 0 Å². The molecule has 98 valence electrons. The molecule has 0 fully saturated rings. The lowest BCUT2D eigenvalue weighted by Crippen LogP contribution is -2.15. The van der Waals surface area contributed by atoms with Crippen molar-refractivity contribution in [2.75, 3.05) is 5.32 Å². The van der Waals surface area contributed by atoms with Gasteiger partial charge in [-0.3, -0.25) is 4.98 Å². The van der Waals surface area contributed by atoms with Crippen LogP contribution in [0.1, 0.15) is 22.8 Å². The largest absolute Gasteiger partial charge is 0.388 e. The topological polar surface area (TPSA) is 76.7 Å². The molecule has 2 aromatic rings. The highest BCUT2D eigenvalue weighted by Crippen LogP contribution is 2.07. The number of aryl methyl sites for hydroxylation is 2. The lowest BCUT2D eigenvalue weighted by Gasteiger charge is -2.07. The molecule has 0 radical (unpaired) electrons. The van der Waals surface area contributed by atoms with E-state index in [2.05, 4.69) is 20.3 Å². The van der Waals surface area contributed by atoms with Gasteiger partial charge in [0.05, 0.1) is 12.2 Å². The average Bonchev–Trinajstić information content (AvgIpc) is 2.36. The van der Waals surface area contributed by atoms with Gasteiger partial charge >= 0.3 is 0 Å². The summed E-state index contributed by atoms with van der Waals surface area (Å²) >= 11 is 4.92.